The Balaban J connectivity index is 2.68. The number of phenolic OH excluding ortho intramolecular Hbond substituents is 1. The molecule has 0 heterocycles. The van der Waals surface area contributed by atoms with Crippen LogP contribution < -0.4 is 0 Å². The molecule has 1 atom stereocenters. The number of thiocyanates is 1. The van der Waals surface area contributed by atoms with Crippen molar-refractivity contribution in [1.29, 1.82) is 5.26 Å². The fourth-order valence-corrected chi connectivity index (χ4v) is 2.02. The first-order valence-electron chi connectivity index (χ1n) is 4.93. The molecule has 0 saturated carbocycles. The summed E-state index contributed by atoms with van der Waals surface area (Å²) in [6.07, 6.45) is 0.827. The largest absolute Gasteiger partial charge is 0.508 e. The van der Waals surface area contributed by atoms with Gasteiger partial charge in [0.15, 0.2) is 0 Å². The average molecular weight is 221 g/mol. The van der Waals surface area contributed by atoms with Crippen molar-refractivity contribution in [3.8, 4) is 11.2 Å². The lowest BCUT2D eigenvalue weighted by Crippen LogP contribution is -2.04. The Kier molecular flexibility index (Phi) is 4.51. The van der Waals surface area contributed by atoms with Crippen LogP contribution in [0.25, 0.3) is 0 Å². The van der Waals surface area contributed by atoms with Gasteiger partial charge in [0.05, 0.1) is 0 Å². The summed E-state index contributed by atoms with van der Waals surface area (Å²) in [6.45, 7) is 4.09. The van der Waals surface area contributed by atoms with Crippen molar-refractivity contribution in [3.63, 3.8) is 0 Å². The molecule has 1 aromatic rings. The van der Waals surface area contributed by atoms with Crippen molar-refractivity contribution < 1.29 is 5.11 Å². The van der Waals surface area contributed by atoms with Gasteiger partial charge in [-0.1, -0.05) is 19.1 Å². The highest BCUT2D eigenvalue weighted by molar-refractivity contribution is 8.03. The van der Waals surface area contributed by atoms with Crippen LogP contribution in [0.1, 0.15) is 18.1 Å². The number of aromatic hydroxyl groups is 1. The maximum absolute atomic E-state index is 9.69. The Morgan fingerprint density at radius 1 is 1.53 bits per heavy atom. The van der Waals surface area contributed by atoms with Crippen molar-refractivity contribution in [2.75, 3.05) is 5.75 Å². The Morgan fingerprint density at radius 2 is 2.27 bits per heavy atom. The number of rotatable bonds is 4. The molecule has 1 aromatic carbocycles. The number of nitrogens with zero attached hydrogens (tertiary/aromatic N) is 1. The van der Waals surface area contributed by atoms with Crippen LogP contribution in [-0.4, -0.2) is 10.9 Å². The van der Waals surface area contributed by atoms with Crippen LogP contribution in [0.15, 0.2) is 18.2 Å². The van der Waals surface area contributed by atoms with Crippen molar-refractivity contribution in [3.05, 3.63) is 29.3 Å². The number of nitriles is 1. The number of phenols is 1. The van der Waals surface area contributed by atoms with E-state index in [1.165, 1.54) is 11.8 Å². The summed E-state index contributed by atoms with van der Waals surface area (Å²) in [5, 5.41) is 20.2. The van der Waals surface area contributed by atoms with E-state index in [1.54, 1.807) is 6.07 Å². The van der Waals surface area contributed by atoms with Gasteiger partial charge in [-0.15, -0.1) is 0 Å². The molecule has 1 rings (SSSR count). The SMILES string of the molecule is Cc1cccc(O)c1CC(C)CSC#N. The van der Waals surface area contributed by atoms with Crippen molar-refractivity contribution in [2.45, 2.75) is 20.3 Å². The van der Waals surface area contributed by atoms with Gasteiger partial charge in [-0.25, -0.2) is 0 Å². The van der Waals surface area contributed by atoms with E-state index in [-0.39, 0.29) is 0 Å². The molecule has 0 fully saturated rings. The van der Waals surface area contributed by atoms with Gasteiger partial charge in [-0.2, -0.15) is 5.26 Å². The monoisotopic (exact) mass is 221 g/mol. The second-order valence-electron chi connectivity index (χ2n) is 3.78. The molecule has 0 radical (unpaired) electrons. The van der Waals surface area contributed by atoms with Crippen molar-refractivity contribution in [1.82, 2.24) is 0 Å². The minimum Gasteiger partial charge on any atom is -0.508 e. The molecule has 1 N–H and O–H groups in total. The molecule has 0 amide bonds. The highest BCUT2D eigenvalue weighted by atomic mass is 32.2. The summed E-state index contributed by atoms with van der Waals surface area (Å²) in [5.41, 5.74) is 2.12. The van der Waals surface area contributed by atoms with E-state index in [1.807, 2.05) is 19.1 Å². The molecule has 2 nitrogen and oxygen atoms in total. The fraction of sp³-hybridized carbons (Fsp3) is 0.417. The quantitative estimate of drug-likeness (QED) is 0.794. The van der Waals surface area contributed by atoms with Gasteiger partial charge in [0.1, 0.15) is 11.2 Å². The molecule has 0 spiro atoms. The first-order valence-corrected chi connectivity index (χ1v) is 5.92. The average Bonchev–Trinajstić information content (AvgIpc) is 2.21. The molecule has 0 aromatic heterocycles. The van der Waals surface area contributed by atoms with E-state index in [0.29, 0.717) is 11.7 Å². The summed E-state index contributed by atoms with van der Waals surface area (Å²) in [5.74, 6) is 1.58. The highest BCUT2D eigenvalue weighted by Gasteiger charge is 2.09. The smallest absolute Gasteiger partial charge is 0.133 e. The number of aryl methyl sites for hydroxylation is 1. The molecule has 0 saturated heterocycles. The van der Waals surface area contributed by atoms with Gasteiger partial charge >= 0.3 is 0 Å². The standard InChI is InChI=1S/C12H15NOS/c1-9(7-15-8-13)6-11-10(2)4-3-5-12(11)14/h3-5,9,14H,6-7H2,1-2H3. The molecule has 0 aliphatic rings. The Labute approximate surface area is 94.9 Å². The second-order valence-corrected chi connectivity index (χ2v) is 4.59. The summed E-state index contributed by atoms with van der Waals surface area (Å²) >= 11 is 1.27. The third-order valence-corrected chi connectivity index (χ3v) is 3.24. The lowest BCUT2D eigenvalue weighted by Gasteiger charge is -2.12. The van der Waals surface area contributed by atoms with E-state index in [2.05, 4.69) is 12.3 Å². The number of hydrogen-bond donors (Lipinski definition) is 1. The predicted molar refractivity (Wildman–Crippen MR) is 63.8 cm³/mol. The Bertz CT molecular complexity index is 350. The molecule has 0 aliphatic heterocycles. The van der Waals surface area contributed by atoms with Crippen LogP contribution in [0.3, 0.4) is 0 Å². The number of hydrogen-bond acceptors (Lipinski definition) is 3. The third kappa shape index (κ3) is 3.49. The Morgan fingerprint density at radius 3 is 2.87 bits per heavy atom. The van der Waals surface area contributed by atoms with E-state index in [9.17, 15) is 5.11 Å². The topological polar surface area (TPSA) is 44.0 Å². The van der Waals surface area contributed by atoms with Gasteiger partial charge in [0, 0.05) is 5.75 Å². The van der Waals surface area contributed by atoms with Crippen LogP contribution in [0.4, 0.5) is 0 Å². The zero-order valence-corrected chi connectivity index (χ0v) is 9.84. The molecule has 1 unspecified atom stereocenters. The van der Waals surface area contributed by atoms with Crippen LogP contribution in [0, 0.1) is 23.5 Å². The maximum Gasteiger partial charge on any atom is 0.133 e. The molecule has 15 heavy (non-hydrogen) atoms. The highest BCUT2D eigenvalue weighted by Crippen LogP contribution is 2.24. The first kappa shape index (κ1) is 11.9. The molecular weight excluding hydrogens is 206 g/mol. The molecule has 0 aliphatic carbocycles. The minimum absolute atomic E-state index is 0.365. The minimum atomic E-state index is 0.365. The summed E-state index contributed by atoms with van der Waals surface area (Å²) in [6, 6.07) is 5.56. The molecule has 80 valence electrons. The summed E-state index contributed by atoms with van der Waals surface area (Å²) in [4.78, 5) is 0. The van der Waals surface area contributed by atoms with Crippen molar-refractivity contribution in [2.24, 2.45) is 5.92 Å². The zero-order valence-electron chi connectivity index (χ0n) is 9.03. The van der Waals surface area contributed by atoms with Crippen LogP contribution >= 0.6 is 11.8 Å². The normalized spacial score (nSPS) is 12.1. The van der Waals surface area contributed by atoms with E-state index in [0.717, 1.165) is 23.3 Å². The fourth-order valence-electron chi connectivity index (χ4n) is 1.54. The van der Waals surface area contributed by atoms with E-state index < -0.39 is 0 Å². The maximum atomic E-state index is 9.69. The van der Waals surface area contributed by atoms with Crippen LogP contribution in [0.5, 0.6) is 5.75 Å². The number of benzene rings is 1. The predicted octanol–water partition coefficient (Wildman–Crippen LogP) is 3.09. The lowest BCUT2D eigenvalue weighted by molar-refractivity contribution is 0.462. The summed E-state index contributed by atoms with van der Waals surface area (Å²) in [7, 11) is 0. The zero-order chi connectivity index (χ0) is 11.3. The van der Waals surface area contributed by atoms with Crippen LogP contribution in [0.2, 0.25) is 0 Å². The Hall–Kier alpha value is -1.14. The first-order chi connectivity index (χ1) is 7.15. The van der Waals surface area contributed by atoms with Gasteiger partial charge in [0.25, 0.3) is 0 Å². The van der Waals surface area contributed by atoms with E-state index >= 15 is 0 Å². The van der Waals surface area contributed by atoms with Gasteiger partial charge in [0.2, 0.25) is 0 Å². The second kappa shape index (κ2) is 5.67. The molecule has 0 bridgehead atoms. The van der Waals surface area contributed by atoms with Crippen molar-refractivity contribution >= 4 is 11.8 Å². The third-order valence-electron chi connectivity index (χ3n) is 2.37. The van der Waals surface area contributed by atoms with Gasteiger partial charge in [-0.3, -0.25) is 0 Å². The number of thioether (sulfide) groups is 1. The lowest BCUT2D eigenvalue weighted by atomic mass is 9.98. The molecular formula is C12H15NOS. The van der Waals surface area contributed by atoms with Gasteiger partial charge in [-0.05, 0) is 48.2 Å². The van der Waals surface area contributed by atoms with Gasteiger partial charge < -0.3 is 5.11 Å². The van der Waals surface area contributed by atoms with E-state index in [4.69, 9.17) is 5.26 Å². The van der Waals surface area contributed by atoms with Crippen LogP contribution in [-0.2, 0) is 6.42 Å². The summed E-state index contributed by atoms with van der Waals surface area (Å²) < 4.78 is 0. The molecule has 3 heteroatoms.